The zero-order chi connectivity index (χ0) is 12.5. The Hall–Kier alpha value is -1.10. The monoisotopic (exact) mass is 320 g/mol. The summed E-state index contributed by atoms with van der Waals surface area (Å²) in [5, 5.41) is 3.38. The molecule has 2 nitrogen and oxygen atoms in total. The Kier molecular flexibility index (Phi) is 3.24. The number of rotatable bonds is 3. The molecule has 18 heavy (non-hydrogen) atoms. The summed E-state index contributed by atoms with van der Waals surface area (Å²) in [4.78, 5) is 1.34. The van der Waals surface area contributed by atoms with Crippen LogP contribution in [0.5, 0.6) is 0 Å². The molecule has 0 spiro atoms. The van der Waals surface area contributed by atoms with Crippen LogP contribution in [0.3, 0.4) is 0 Å². The third kappa shape index (κ3) is 2.11. The van der Waals surface area contributed by atoms with Crippen molar-refractivity contribution in [3.8, 4) is 0 Å². The molecule has 2 aromatic heterocycles. The molecule has 0 unspecified atom stereocenters. The highest BCUT2D eigenvalue weighted by atomic mass is 79.9. The Morgan fingerprint density at radius 2 is 2.17 bits per heavy atom. The van der Waals surface area contributed by atoms with Crippen molar-refractivity contribution in [2.75, 3.05) is 0 Å². The van der Waals surface area contributed by atoms with Gasteiger partial charge in [0, 0.05) is 38.4 Å². The van der Waals surface area contributed by atoms with Crippen LogP contribution in [0.2, 0.25) is 0 Å². The van der Waals surface area contributed by atoms with Crippen LogP contribution in [0.25, 0.3) is 10.9 Å². The number of benzene rings is 1. The van der Waals surface area contributed by atoms with Gasteiger partial charge in [0.25, 0.3) is 0 Å². The number of halogens is 1. The van der Waals surface area contributed by atoms with Crippen molar-refractivity contribution in [1.82, 2.24) is 4.57 Å². The van der Waals surface area contributed by atoms with Crippen LogP contribution in [0.4, 0.5) is 0 Å². The molecule has 0 aliphatic heterocycles. The topological polar surface area (TPSA) is 30.9 Å². The molecule has 3 aromatic rings. The maximum Gasteiger partial charge on any atom is 0.0569 e. The second-order valence-corrected chi connectivity index (χ2v) is 6.14. The van der Waals surface area contributed by atoms with Crippen LogP contribution < -0.4 is 5.73 Å². The molecule has 0 atom stereocenters. The fourth-order valence-corrected chi connectivity index (χ4v) is 3.66. The van der Waals surface area contributed by atoms with E-state index in [2.05, 4.69) is 62.4 Å². The van der Waals surface area contributed by atoms with Crippen molar-refractivity contribution in [2.45, 2.75) is 13.1 Å². The van der Waals surface area contributed by atoms with Gasteiger partial charge >= 0.3 is 0 Å². The molecule has 2 N–H and O–H groups in total. The Labute approximate surface area is 118 Å². The zero-order valence-electron chi connectivity index (χ0n) is 9.77. The number of nitrogens with two attached hydrogens (primary N) is 1. The largest absolute Gasteiger partial charge is 0.342 e. The predicted octanol–water partition coefficient (Wildman–Crippen LogP) is 3.97. The standard InChI is InChI=1S/C14H13BrN2S/c15-11-6-12(18-9-11)8-17-5-4-13-10(7-16)2-1-3-14(13)17/h1-6,9H,7-8,16H2. The predicted molar refractivity (Wildman–Crippen MR) is 81.0 cm³/mol. The van der Waals surface area contributed by atoms with Gasteiger partial charge in [0.15, 0.2) is 0 Å². The average molecular weight is 321 g/mol. The van der Waals surface area contributed by atoms with Crippen LogP contribution in [0.1, 0.15) is 10.4 Å². The van der Waals surface area contributed by atoms with Crippen molar-refractivity contribution in [3.05, 3.63) is 56.8 Å². The number of thiophene rings is 1. The smallest absolute Gasteiger partial charge is 0.0569 e. The quantitative estimate of drug-likeness (QED) is 0.777. The summed E-state index contributed by atoms with van der Waals surface area (Å²) in [5.41, 5.74) is 8.23. The highest BCUT2D eigenvalue weighted by molar-refractivity contribution is 9.10. The van der Waals surface area contributed by atoms with Gasteiger partial charge in [0.1, 0.15) is 0 Å². The van der Waals surface area contributed by atoms with Crippen LogP contribution in [-0.4, -0.2) is 4.57 Å². The van der Waals surface area contributed by atoms with Gasteiger partial charge in [-0.15, -0.1) is 11.3 Å². The maximum absolute atomic E-state index is 5.77. The molecular formula is C14H13BrN2S. The Bertz CT molecular complexity index is 684. The molecular weight excluding hydrogens is 308 g/mol. The summed E-state index contributed by atoms with van der Waals surface area (Å²) in [5.74, 6) is 0. The van der Waals surface area contributed by atoms with Crippen molar-refractivity contribution in [3.63, 3.8) is 0 Å². The van der Waals surface area contributed by atoms with Gasteiger partial charge in [0.2, 0.25) is 0 Å². The summed E-state index contributed by atoms with van der Waals surface area (Å²) < 4.78 is 3.42. The van der Waals surface area contributed by atoms with Crippen molar-refractivity contribution in [2.24, 2.45) is 5.73 Å². The highest BCUT2D eigenvalue weighted by Gasteiger charge is 2.06. The minimum absolute atomic E-state index is 0.589. The lowest BCUT2D eigenvalue weighted by Crippen LogP contribution is -1.98. The molecule has 0 fully saturated rings. The first-order valence-corrected chi connectivity index (χ1v) is 7.45. The normalized spacial score (nSPS) is 11.2. The number of hydrogen-bond donors (Lipinski definition) is 1. The summed E-state index contributed by atoms with van der Waals surface area (Å²) >= 11 is 5.27. The van der Waals surface area contributed by atoms with Gasteiger partial charge in [-0.3, -0.25) is 0 Å². The molecule has 0 bridgehead atoms. The molecule has 0 saturated carbocycles. The van der Waals surface area contributed by atoms with Gasteiger partial charge in [-0.25, -0.2) is 0 Å². The first-order chi connectivity index (χ1) is 8.78. The lowest BCUT2D eigenvalue weighted by molar-refractivity contribution is 0.851. The van der Waals surface area contributed by atoms with E-state index in [9.17, 15) is 0 Å². The van der Waals surface area contributed by atoms with Crippen LogP contribution in [-0.2, 0) is 13.1 Å². The van der Waals surface area contributed by atoms with Crippen LogP contribution >= 0.6 is 27.3 Å². The molecule has 1 aromatic carbocycles. The molecule has 0 amide bonds. The number of aromatic nitrogens is 1. The molecule has 0 aliphatic rings. The average Bonchev–Trinajstić information content (AvgIpc) is 2.97. The van der Waals surface area contributed by atoms with Gasteiger partial charge < -0.3 is 10.3 Å². The third-order valence-corrected chi connectivity index (χ3v) is 4.75. The van der Waals surface area contributed by atoms with Gasteiger partial charge in [-0.2, -0.15) is 0 Å². The zero-order valence-corrected chi connectivity index (χ0v) is 12.2. The number of nitrogens with zero attached hydrogens (tertiary/aromatic N) is 1. The Balaban J connectivity index is 2.02. The van der Waals surface area contributed by atoms with Crippen LogP contribution in [0.15, 0.2) is 46.4 Å². The van der Waals surface area contributed by atoms with E-state index in [1.807, 2.05) is 0 Å². The SMILES string of the molecule is NCc1cccc2c1ccn2Cc1cc(Br)cs1. The molecule has 3 rings (SSSR count). The maximum atomic E-state index is 5.77. The highest BCUT2D eigenvalue weighted by Crippen LogP contribution is 2.24. The van der Waals surface area contributed by atoms with Gasteiger partial charge in [0.05, 0.1) is 6.54 Å². The molecule has 2 heterocycles. The van der Waals surface area contributed by atoms with E-state index >= 15 is 0 Å². The minimum atomic E-state index is 0.589. The molecule has 0 aliphatic carbocycles. The van der Waals surface area contributed by atoms with Crippen LogP contribution in [0, 0.1) is 0 Å². The first kappa shape index (κ1) is 12.0. The summed E-state index contributed by atoms with van der Waals surface area (Å²) in [7, 11) is 0. The Morgan fingerprint density at radius 3 is 2.89 bits per heavy atom. The number of fused-ring (bicyclic) bond motifs is 1. The van der Waals surface area contributed by atoms with Gasteiger partial charge in [-0.05, 0) is 39.7 Å². The Morgan fingerprint density at radius 1 is 1.28 bits per heavy atom. The van der Waals surface area contributed by atoms with Gasteiger partial charge in [-0.1, -0.05) is 12.1 Å². The van der Waals surface area contributed by atoms with E-state index in [1.54, 1.807) is 11.3 Å². The minimum Gasteiger partial charge on any atom is -0.342 e. The van der Waals surface area contributed by atoms with E-state index in [0.29, 0.717) is 6.54 Å². The van der Waals surface area contributed by atoms with Crippen molar-refractivity contribution < 1.29 is 0 Å². The molecule has 0 saturated heterocycles. The molecule has 0 radical (unpaired) electrons. The summed E-state index contributed by atoms with van der Waals surface area (Å²) in [6, 6.07) is 10.6. The second kappa shape index (κ2) is 4.88. The molecule has 4 heteroatoms. The number of hydrogen-bond acceptors (Lipinski definition) is 2. The second-order valence-electron chi connectivity index (χ2n) is 4.23. The van der Waals surface area contributed by atoms with Crippen molar-refractivity contribution in [1.29, 1.82) is 0 Å². The molecule has 92 valence electrons. The first-order valence-electron chi connectivity index (χ1n) is 5.77. The van der Waals surface area contributed by atoms with Crippen molar-refractivity contribution >= 4 is 38.2 Å². The van der Waals surface area contributed by atoms with E-state index in [4.69, 9.17) is 5.73 Å². The lowest BCUT2D eigenvalue weighted by Gasteiger charge is -2.05. The lowest BCUT2D eigenvalue weighted by atomic mass is 10.1. The van der Waals surface area contributed by atoms with E-state index in [1.165, 1.54) is 21.3 Å². The third-order valence-electron chi connectivity index (χ3n) is 3.07. The van der Waals surface area contributed by atoms with E-state index in [-0.39, 0.29) is 0 Å². The summed E-state index contributed by atoms with van der Waals surface area (Å²) in [6.07, 6.45) is 2.14. The summed E-state index contributed by atoms with van der Waals surface area (Å²) in [6.45, 7) is 1.50. The fraction of sp³-hybridized carbons (Fsp3) is 0.143. The fourth-order valence-electron chi connectivity index (χ4n) is 2.21. The van der Waals surface area contributed by atoms with E-state index < -0.39 is 0 Å². The van der Waals surface area contributed by atoms with E-state index in [0.717, 1.165) is 11.0 Å².